The zero-order chi connectivity index (χ0) is 17.5. The van der Waals surface area contributed by atoms with Crippen LogP contribution in [0.2, 0.25) is 5.02 Å². The number of ether oxygens (including phenoxy) is 1. The second-order valence-electron chi connectivity index (χ2n) is 5.39. The van der Waals surface area contributed by atoms with E-state index < -0.39 is 5.97 Å². The quantitative estimate of drug-likeness (QED) is 0.817. The van der Waals surface area contributed by atoms with Gasteiger partial charge >= 0.3 is 5.97 Å². The average Bonchev–Trinajstić information content (AvgIpc) is 2.59. The van der Waals surface area contributed by atoms with Crippen LogP contribution in [0, 0.1) is 0 Å². The van der Waals surface area contributed by atoms with E-state index in [-0.39, 0.29) is 19.1 Å². The Labute approximate surface area is 146 Å². The van der Waals surface area contributed by atoms with E-state index in [1.807, 2.05) is 49.3 Å². The summed E-state index contributed by atoms with van der Waals surface area (Å²) in [6.45, 7) is -0.0493. The second-order valence-corrected chi connectivity index (χ2v) is 5.79. The van der Waals surface area contributed by atoms with Crippen LogP contribution in [-0.2, 0) is 16.1 Å². The van der Waals surface area contributed by atoms with Crippen molar-refractivity contribution in [2.24, 2.45) is 0 Å². The molecule has 0 saturated carbocycles. The molecule has 0 saturated heterocycles. The van der Waals surface area contributed by atoms with Crippen molar-refractivity contribution in [2.75, 3.05) is 25.6 Å². The van der Waals surface area contributed by atoms with E-state index >= 15 is 0 Å². The fourth-order valence-corrected chi connectivity index (χ4v) is 2.20. The normalized spacial score (nSPS) is 10.1. The highest BCUT2D eigenvalue weighted by Crippen LogP contribution is 2.14. The molecule has 0 aromatic heterocycles. The minimum Gasteiger partial charge on any atom is -0.452 e. The Morgan fingerprint density at radius 1 is 1.08 bits per heavy atom. The van der Waals surface area contributed by atoms with Crippen molar-refractivity contribution >= 4 is 29.2 Å². The number of nitrogens with one attached hydrogen (secondary N) is 1. The molecule has 0 atom stereocenters. The number of benzene rings is 2. The van der Waals surface area contributed by atoms with Gasteiger partial charge in [0.15, 0.2) is 6.61 Å². The van der Waals surface area contributed by atoms with Gasteiger partial charge in [-0.15, -0.1) is 0 Å². The van der Waals surface area contributed by atoms with Gasteiger partial charge in [-0.2, -0.15) is 0 Å². The summed E-state index contributed by atoms with van der Waals surface area (Å²) in [5, 5.41) is 3.24. The van der Waals surface area contributed by atoms with Crippen molar-refractivity contribution in [1.82, 2.24) is 5.32 Å². The standard InChI is InChI=1S/C18H19ClN2O3/c1-21(2)15-9-7-13(8-10-15)18(23)24-12-17(22)20-11-14-5-3-4-6-16(14)19/h3-10H,11-12H2,1-2H3,(H,20,22). The first-order valence-electron chi connectivity index (χ1n) is 7.42. The molecule has 2 rings (SSSR count). The van der Waals surface area contributed by atoms with Gasteiger partial charge in [0.25, 0.3) is 5.91 Å². The van der Waals surface area contributed by atoms with E-state index in [0.29, 0.717) is 10.6 Å². The van der Waals surface area contributed by atoms with Crippen LogP contribution >= 0.6 is 11.6 Å². The van der Waals surface area contributed by atoms with Crippen molar-refractivity contribution < 1.29 is 14.3 Å². The molecule has 0 aliphatic rings. The highest BCUT2D eigenvalue weighted by Gasteiger charge is 2.10. The van der Waals surface area contributed by atoms with E-state index in [0.717, 1.165) is 11.3 Å². The van der Waals surface area contributed by atoms with E-state index in [2.05, 4.69) is 5.32 Å². The molecule has 0 fully saturated rings. The number of hydrogen-bond donors (Lipinski definition) is 1. The van der Waals surface area contributed by atoms with Crippen LogP contribution in [0.4, 0.5) is 5.69 Å². The van der Waals surface area contributed by atoms with Gasteiger partial charge in [0.05, 0.1) is 5.56 Å². The molecule has 0 unspecified atom stereocenters. The van der Waals surface area contributed by atoms with E-state index in [1.165, 1.54) is 0 Å². The number of carbonyl (C=O) groups excluding carboxylic acids is 2. The van der Waals surface area contributed by atoms with Crippen LogP contribution in [0.15, 0.2) is 48.5 Å². The van der Waals surface area contributed by atoms with Crippen LogP contribution < -0.4 is 10.2 Å². The molecule has 126 valence electrons. The topological polar surface area (TPSA) is 58.6 Å². The third-order valence-electron chi connectivity index (χ3n) is 3.39. The van der Waals surface area contributed by atoms with E-state index in [4.69, 9.17) is 16.3 Å². The zero-order valence-corrected chi connectivity index (χ0v) is 14.3. The lowest BCUT2D eigenvalue weighted by molar-refractivity contribution is -0.124. The van der Waals surface area contributed by atoms with Gasteiger partial charge in [-0.25, -0.2) is 4.79 Å². The van der Waals surface area contributed by atoms with Gasteiger partial charge in [0, 0.05) is 31.4 Å². The van der Waals surface area contributed by atoms with Crippen molar-refractivity contribution in [1.29, 1.82) is 0 Å². The molecule has 1 amide bonds. The van der Waals surface area contributed by atoms with Crippen LogP contribution in [0.5, 0.6) is 0 Å². The minimum atomic E-state index is -0.534. The number of anilines is 1. The number of esters is 1. The molecule has 0 heterocycles. The molecule has 0 aliphatic heterocycles. The molecule has 2 aromatic rings. The summed E-state index contributed by atoms with van der Waals surface area (Å²) in [7, 11) is 3.83. The Morgan fingerprint density at radius 2 is 1.75 bits per heavy atom. The molecule has 6 heteroatoms. The van der Waals surface area contributed by atoms with Crippen molar-refractivity contribution in [2.45, 2.75) is 6.54 Å². The monoisotopic (exact) mass is 346 g/mol. The summed E-state index contributed by atoms with van der Waals surface area (Å²) in [6.07, 6.45) is 0. The summed E-state index contributed by atoms with van der Waals surface area (Å²) in [5.41, 5.74) is 2.18. The fourth-order valence-electron chi connectivity index (χ4n) is 2.00. The second kappa shape index (κ2) is 8.36. The third-order valence-corrected chi connectivity index (χ3v) is 3.76. The molecular formula is C18H19ClN2O3. The molecule has 0 aliphatic carbocycles. The summed E-state index contributed by atoms with van der Waals surface area (Å²) in [6, 6.07) is 14.2. The largest absolute Gasteiger partial charge is 0.452 e. The predicted octanol–water partition coefficient (Wildman–Crippen LogP) is 2.88. The first-order valence-corrected chi connectivity index (χ1v) is 7.80. The molecule has 2 aromatic carbocycles. The lowest BCUT2D eigenvalue weighted by atomic mass is 10.2. The molecule has 0 spiro atoms. The Kier molecular flexibility index (Phi) is 6.21. The number of carbonyl (C=O) groups is 2. The minimum absolute atomic E-state index is 0.285. The zero-order valence-electron chi connectivity index (χ0n) is 13.6. The average molecular weight is 347 g/mol. The molecule has 1 N–H and O–H groups in total. The highest BCUT2D eigenvalue weighted by atomic mass is 35.5. The highest BCUT2D eigenvalue weighted by molar-refractivity contribution is 6.31. The first-order chi connectivity index (χ1) is 11.5. The number of amides is 1. The molecular weight excluding hydrogens is 328 g/mol. The Morgan fingerprint density at radius 3 is 2.38 bits per heavy atom. The summed E-state index contributed by atoms with van der Waals surface area (Å²) in [5.74, 6) is -0.915. The third kappa shape index (κ3) is 4.99. The molecule has 24 heavy (non-hydrogen) atoms. The smallest absolute Gasteiger partial charge is 0.338 e. The summed E-state index contributed by atoms with van der Waals surface area (Å²) < 4.78 is 5.01. The van der Waals surface area contributed by atoms with Gasteiger partial charge in [-0.05, 0) is 35.9 Å². The van der Waals surface area contributed by atoms with Gasteiger partial charge in [-0.3, -0.25) is 4.79 Å². The molecule has 0 bridgehead atoms. The van der Waals surface area contributed by atoms with Crippen molar-refractivity contribution in [3.8, 4) is 0 Å². The van der Waals surface area contributed by atoms with Crippen LogP contribution in [0.25, 0.3) is 0 Å². The number of nitrogens with zero attached hydrogens (tertiary/aromatic N) is 1. The van der Waals surface area contributed by atoms with Crippen molar-refractivity contribution in [3.05, 3.63) is 64.7 Å². The van der Waals surface area contributed by atoms with Gasteiger partial charge < -0.3 is 15.0 Å². The van der Waals surface area contributed by atoms with Crippen LogP contribution in [-0.4, -0.2) is 32.6 Å². The Balaban J connectivity index is 1.80. The summed E-state index contributed by atoms with van der Waals surface area (Å²) >= 11 is 6.01. The van der Waals surface area contributed by atoms with Crippen LogP contribution in [0.3, 0.4) is 0 Å². The van der Waals surface area contributed by atoms with Gasteiger partial charge in [0.2, 0.25) is 0 Å². The summed E-state index contributed by atoms with van der Waals surface area (Å²) in [4.78, 5) is 25.6. The Hall–Kier alpha value is -2.53. The number of rotatable bonds is 6. The molecule has 0 radical (unpaired) electrons. The lowest BCUT2D eigenvalue weighted by Crippen LogP contribution is -2.28. The number of halogens is 1. The molecule has 5 nitrogen and oxygen atoms in total. The maximum Gasteiger partial charge on any atom is 0.338 e. The fraction of sp³-hybridized carbons (Fsp3) is 0.222. The van der Waals surface area contributed by atoms with Crippen molar-refractivity contribution in [3.63, 3.8) is 0 Å². The maximum atomic E-state index is 11.9. The Bertz CT molecular complexity index is 714. The number of hydrogen-bond acceptors (Lipinski definition) is 4. The predicted molar refractivity (Wildman–Crippen MR) is 94.4 cm³/mol. The van der Waals surface area contributed by atoms with Gasteiger partial charge in [-0.1, -0.05) is 29.8 Å². The SMILES string of the molecule is CN(C)c1ccc(C(=O)OCC(=O)NCc2ccccc2Cl)cc1. The van der Waals surface area contributed by atoms with E-state index in [9.17, 15) is 9.59 Å². The lowest BCUT2D eigenvalue weighted by Gasteiger charge is -2.12. The van der Waals surface area contributed by atoms with E-state index in [1.54, 1.807) is 18.2 Å². The maximum absolute atomic E-state index is 11.9. The first kappa shape index (κ1) is 17.8. The van der Waals surface area contributed by atoms with Crippen LogP contribution in [0.1, 0.15) is 15.9 Å². The van der Waals surface area contributed by atoms with Gasteiger partial charge in [0.1, 0.15) is 0 Å².